The van der Waals surface area contributed by atoms with E-state index in [1.54, 1.807) is 0 Å². The second-order valence-corrected chi connectivity index (χ2v) is 8.72. The molecular formula is C25H19BrN4. The Kier molecular flexibility index (Phi) is 5.21. The summed E-state index contributed by atoms with van der Waals surface area (Å²) in [5.41, 5.74) is 8.12. The molecule has 2 N–H and O–H groups in total. The summed E-state index contributed by atoms with van der Waals surface area (Å²) in [6.07, 6.45) is 3.63. The van der Waals surface area contributed by atoms with Crippen molar-refractivity contribution in [2.24, 2.45) is 17.1 Å². The Hall–Kier alpha value is -3.33. The predicted molar refractivity (Wildman–Crippen MR) is 117 cm³/mol. The molecule has 4 rings (SSSR count). The van der Waals surface area contributed by atoms with Gasteiger partial charge in [0.1, 0.15) is 6.07 Å². The highest BCUT2D eigenvalue weighted by molar-refractivity contribution is 9.10. The monoisotopic (exact) mass is 454 g/mol. The van der Waals surface area contributed by atoms with E-state index >= 15 is 0 Å². The first kappa shape index (κ1) is 20.0. The molecule has 0 saturated heterocycles. The summed E-state index contributed by atoms with van der Waals surface area (Å²) < 4.78 is 0.921. The summed E-state index contributed by atoms with van der Waals surface area (Å²) in [5.74, 6) is -0.339. The van der Waals surface area contributed by atoms with Crippen molar-refractivity contribution in [2.75, 3.05) is 0 Å². The van der Waals surface area contributed by atoms with Crippen molar-refractivity contribution >= 4 is 15.9 Å². The maximum absolute atomic E-state index is 10.2. The van der Waals surface area contributed by atoms with Gasteiger partial charge in [0.05, 0.1) is 23.4 Å². The Bertz CT molecular complexity index is 1140. The van der Waals surface area contributed by atoms with Crippen molar-refractivity contribution in [3.05, 3.63) is 93.1 Å². The van der Waals surface area contributed by atoms with E-state index in [9.17, 15) is 15.8 Å². The average molecular weight is 455 g/mol. The van der Waals surface area contributed by atoms with Crippen LogP contribution in [0, 0.1) is 45.3 Å². The minimum absolute atomic E-state index is 0.0728. The number of rotatable bonds is 2. The molecule has 2 aliphatic carbocycles. The number of fused-ring (bicyclic) bond motifs is 1. The third-order valence-electron chi connectivity index (χ3n) is 6.38. The Balaban J connectivity index is 1.93. The average Bonchev–Trinajstić information content (AvgIpc) is 2.79. The van der Waals surface area contributed by atoms with Gasteiger partial charge in [-0.2, -0.15) is 15.8 Å². The van der Waals surface area contributed by atoms with Gasteiger partial charge in [-0.1, -0.05) is 64.5 Å². The van der Waals surface area contributed by atoms with Gasteiger partial charge in [0.25, 0.3) is 0 Å². The minimum Gasteiger partial charge on any atom is -0.399 e. The Morgan fingerprint density at radius 1 is 0.933 bits per heavy atom. The van der Waals surface area contributed by atoms with Crippen molar-refractivity contribution < 1.29 is 0 Å². The van der Waals surface area contributed by atoms with Crippen molar-refractivity contribution in [2.45, 2.75) is 24.7 Å². The van der Waals surface area contributed by atoms with Crippen LogP contribution < -0.4 is 5.73 Å². The van der Waals surface area contributed by atoms with Crippen LogP contribution in [0.5, 0.6) is 0 Å². The largest absolute Gasteiger partial charge is 0.399 e. The number of hydrogen-bond acceptors (Lipinski definition) is 4. The molecule has 146 valence electrons. The molecule has 0 bridgehead atoms. The fourth-order valence-electron chi connectivity index (χ4n) is 4.93. The first-order chi connectivity index (χ1) is 14.6. The van der Waals surface area contributed by atoms with Crippen molar-refractivity contribution in [1.82, 2.24) is 0 Å². The summed E-state index contributed by atoms with van der Waals surface area (Å²) in [6, 6.07) is 24.5. The van der Waals surface area contributed by atoms with Gasteiger partial charge in [-0.05, 0) is 53.5 Å². The van der Waals surface area contributed by atoms with E-state index in [1.807, 2.05) is 42.5 Å². The van der Waals surface area contributed by atoms with Gasteiger partial charge in [0, 0.05) is 10.4 Å². The molecule has 0 aromatic heterocycles. The van der Waals surface area contributed by atoms with Crippen LogP contribution in [-0.2, 0) is 0 Å². The number of hydrogen-bond donors (Lipinski definition) is 1. The molecule has 0 spiro atoms. The molecule has 4 nitrogen and oxygen atoms in total. The van der Waals surface area contributed by atoms with Gasteiger partial charge in [-0.15, -0.1) is 0 Å². The van der Waals surface area contributed by atoms with E-state index < -0.39 is 11.3 Å². The van der Waals surface area contributed by atoms with Crippen LogP contribution in [0.1, 0.15) is 35.8 Å². The molecule has 0 fully saturated rings. The number of nitrogens with two attached hydrogens (primary N) is 1. The summed E-state index contributed by atoms with van der Waals surface area (Å²) in [5, 5.41) is 30.2. The van der Waals surface area contributed by atoms with Gasteiger partial charge in [-0.25, -0.2) is 0 Å². The van der Waals surface area contributed by atoms with Crippen LogP contribution in [0.15, 0.2) is 82.0 Å². The summed E-state index contributed by atoms with van der Waals surface area (Å²) in [4.78, 5) is 0. The van der Waals surface area contributed by atoms with Crippen LogP contribution in [0.25, 0.3) is 0 Å². The van der Waals surface area contributed by atoms with E-state index in [-0.39, 0.29) is 17.5 Å². The quantitative estimate of drug-likeness (QED) is 0.652. The maximum atomic E-state index is 10.2. The highest BCUT2D eigenvalue weighted by Gasteiger charge is 2.54. The molecule has 2 aliphatic rings. The number of allylic oxidation sites excluding steroid dienone is 4. The fourth-order valence-corrected chi connectivity index (χ4v) is 5.20. The smallest absolute Gasteiger partial charge is 0.191 e. The number of nitrogens with zero attached hydrogens (tertiary/aromatic N) is 3. The van der Waals surface area contributed by atoms with E-state index in [0.29, 0.717) is 5.57 Å². The van der Waals surface area contributed by atoms with Gasteiger partial charge in [0.2, 0.25) is 0 Å². The molecule has 5 heteroatoms. The first-order valence-corrected chi connectivity index (χ1v) is 10.6. The van der Waals surface area contributed by atoms with E-state index in [4.69, 9.17) is 5.73 Å². The second kappa shape index (κ2) is 7.83. The van der Waals surface area contributed by atoms with Crippen molar-refractivity contribution in [1.29, 1.82) is 15.8 Å². The Labute approximate surface area is 184 Å². The zero-order valence-corrected chi connectivity index (χ0v) is 17.8. The molecule has 0 saturated carbocycles. The molecule has 0 heterocycles. The highest BCUT2D eigenvalue weighted by Crippen LogP contribution is 2.57. The lowest BCUT2D eigenvalue weighted by Gasteiger charge is -2.45. The van der Waals surface area contributed by atoms with E-state index in [0.717, 1.165) is 28.5 Å². The molecular weight excluding hydrogens is 436 g/mol. The standard InChI is InChI=1S/C25H19BrN4/c26-19-9-6-17(7-10-19)23-21-12-18(16-4-2-1-3-5-16)8-11-20(21)22(13-27)24(30)25(23,14-28)15-29/h1-7,9-11,18,21,23H,8,12,30H2/t18-,21-,23-/m1/s1. The lowest BCUT2D eigenvalue weighted by atomic mass is 9.55. The van der Waals surface area contributed by atoms with Crippen LogP contribution >= 0.6 is 15.9 Å². The van der Waals surface area contributed by atoms with Gasteiger partial charge >= 0.3 is 0 Å². The molecule has 0 amide bonds. The number of nitriles is 3. The minimum atomic E-state index is -1.58. The van der Waals surface area contributed by atoms with Crippen LogP contribution in [0.2, 0.25) is 0 Å². The van der Waals surface area contributed by atoms with Gasteiger partial charge < -0.3 is 5.73 Å². The maximum Gasteiger partial charge on any atom is 0.191 e. The number of halogens is 1. The lowest BCUT2D eigenvalue weighted by molar-refractivity contribution is 0.303. The first-order valence-electron chi connectivity index (χ1n) is 9.79. The zero-order valence-electron chi connectivity index (χ0n) is 16.2. The third kappa shape index (κ3) is 3.02. The molecule has 30 heavy (non-hydrogen) atoms. The summed E-state index contributed by atoms with van der Waals surface area (Å²) >= 11 is 3.46. The van der Waals surface area contributed by atoms with Crippen molar-refractivity contribution in [3.63, 3.8) is 0 Å². The van der Waals surface area contributed by atoms with Crippen molar-refractivity contribution in [3.8, 4) is 18.2 Å². The second-order valence-electron chi connectivity index (χ2n) is 7.81. The summed E-state index contributed by atoms with van der Waals surface area (Å²) in [6.45, 7) is 0. The molecule has 0 radical (unpaired) electrons. The number of benzene rings is 2. The van der Waals surface area contributed by atoms with E-state index in [1.165, 1.54) is 5.56 Å². The van der Waals surface area contributed by atoms with Crippen LogP contribution in [0.4, 0.5) is 0 Å². The predicted octanol–water partition coefficient (Wildman–Crippen LogP) is 5.44. The third-order valence-corrected chi connectivity index (χ3v) is 6.91. The molecule has 3 atom stereocenters. The van der Waals surface area contributed by atoms with Crippen LogP contribution in [-0.4, -0.2) is 0 Å². The van der Waals surface area contributed by atoms with Crippen LogP contribution in [0.3, 0.4) is 0 Å². The molecule has 0 unspecified atom stereocenters. The molecule has 2 aromatic carbocycles. The van der Waals surface area contributed by atoms with Gasteiger partial charge in [-0.3, -0.25) is 0 Å². The highest BCUT2D eigenvalue weighted by atomic mass is 79.9. The topological polar surface area (TPSA) is 97.4 Å². The molecule has 0 aliphatic heterocycles. The Morgan fingerprint density at radius 3 is 2.20 bits per heavy atom. The SMILES string of the molecule is N#CC1=C(N)C(C#N)(C#N)[C@H](c2ccc(Br)cc2)[C@@H]2C[C@H](c3ccccc3)CC=C12. The normalized spacial score (nSPS) is 24.6. The van der Waals surface area contributed by atoms with Gasteiger partial charge in [0.15, 0.2) is 5.41 Å². The van der Waals surface area contributed by atoms with E-state index in [2.05, 4.69) is 52.3 Å². The fraction of sp³-hybridized carbons (Fsp3) is 0.240. The summed E-state index contributed by atoms with van der Waals surface area (Å²) in [7, 11) is 0. The zero-order chi connectivity index (χ0) is 21.3. The Morgan fingerprint density at radius 2 is 1.60 bits per heavy atom. The lowest BCUT2D eigenvalue weighted by Crippen LogP contribution is -2.43. The molecule has 2 aromatic rings.